The number of nitrogens with one attached hydrogen (secondary N) is 4. The lowest BCUT2D eigenvalue weighted by atomic mass is 10.1. The van der Waals surface area contributed by atoms with Gasteiger partial charge in [0.15, 0.2) is 0 Å². The van der Waals surface area contributed by atoms with Crippen LogP contribution in [0.5, 0.6) is 0 Å². The Morgan fingerprint density at radius 3 is 2.77 bits per heavy atom. The highest BCUT2D eigenvalue weighted by Crippen LogP contribution is 2.24. The molecule has 0 spiro atoms. The molecule has 5 nitrogen and oxygen atoms in total. The van der Waals surface area contributed by atoms with Crippen LogP contribution in [-0.4, -0.2) is 54.1 Å². The molecule has 1 aromatic carbocycles. The van der Waals surface area contributed by atoms with Crippen molar-refractivity contribution in [3.63, 3.8) is 0 Å². The largest absolute Gasteiger partial charge is 0.385 e. The van der Waals surface area contributed by atoms with Crippen molar-refractivity contribution < 1.29 is 4.39 Å². The summed E-state index contributed by atoms with van der Waals surface area (Å²) >= 11 is 0. The number of halogens is 1. The van der Waals surface area contributed by atoms with Gasteiger partial charge in [-0.1, -0.05) is 13.2 Å². The average Bonchev–Trinajstić information content (AvgIpc) is 3.21. The number of nitrogens with zero attached hydrogens (tertiary/aromatic N) is 1. The first-order valence-electron chi connectivity index (χ1n) is 11.0. The van der Waals surface area contributed by atoms with Crippen molar-refractivity contribution in [1.29, 1.82) is 0 Å². The minimum atomic E-state index is -0.250. The van der Waals surface area contributed by atoms with E-state index in [1.165, 1.54) is 6.07 Å². The quantitative estimate of drug-likeness (QED) is 0.443. The zero-order chi connectivity index (χ0) is 22.0. The van der Waals surface area contributed by atoms with Crippen molar-refractivity contribution in [2.24, 2.45) is 0 Å². The fourth-order valence-corrected chi connectivity index (χ4v) is 4.49. The van der Waals surface area contributed by atoms with Crippen LogP contribution in [0.1, 0.15) is 28.9 Å². The van der Waals surface area contributed by atoms with Crippen LogP contribution in [0.15, 0.2) is 24.8 Å². The van der Waals surface area contributed by atoms with Crippen molar-refractivity contribution >= 4 is 29.3 Å². The average molecular weight is 422 g/mol. The number of aromatic nitrogens is 2. The molecule has 0 radical (unpaired) electrons. The van der Waals surface area contributed by atoms with Crippen molar-refractivity contribution in [3.8, 4) is 0 Å². The summed E-state index contributed by atoms with van der Waals surface area (Å²) in [6, 6.07) is 4.76. The lowest BCUT2D eigenvalue weighted by Crippen LogP contribution is -2.44. The van der Waals surface area contributed by atoms with Gasteiger partial charge < -0.3 is 25.5 Å². The monoisotopic (exact) mass is 421 g/mol. The molecule has 0 amide bonds. The summed E-state index contributed by atoms with van der Waals surface area (Å²) < 4.78 is 13.8. The van der Waals surface area contributed by atoms with E-state index in [9.17, 15) is 4.39 Å². The van der Waals surface area contributed by atoms with Gasteiger partial charge in [0, 0.05) is 76.8 Å². The van der Waals surface area contributed by atoms with E-state index in [4.69, 9.17) is 0 Å². The molecule has 0 bridgehead atoms. The summed E-state index contributed by atoms with van der Waals surface area (Å²) in [5.74, 6) is -0.250. The van der Waals surface area contributed by atoms with E-state index in [2.05, 4.69) is 52.5 Å². The zero-order valence-electron chi connectivity index (χ0n) is 18.5. The van der Waals surface area contributed by atoms with Crippen LogP contribution in [0.25, 0.3) is 29.3 Å². The molecule has 3 heterocycles. The van der Waals surface area contributed by atoms with Crippen molar-refractivity contribution in [2.75, 3.05) is 39.3 Å². The van der Waals surface area contributed by atoms with Gasteiger partial charge in [-0.3, -0.25) is 0 Å². The van der Waals surface area contributed by atoms with E-state index in [1.54, 1.807) is 12.1 Å². The van der Waals surface area contributed by atoms with Gasteiger partial charge in [-0.15, -0.1) is 0 Å². The second kappa shape index (κ2) is 9.12. The van der Waals surface area contributed by atoms with Crippen LogP contribution in [-0.2, 0) is 0 Å². The van der Waals surface area contributed by atoms with Gasteiger partial charge in [0.1, 0.15) is 5.82 Å². The highest BCUT2D eigenvalue weighted by atomic mass is 19.1. The number of fused-ring (bicyclic) bond motifs is 1. The standard InChI is InChI=1S/C25H32FN5/c1-16-24(15-21-17(2)29-23-7-6-20(26)14-22(21)23)30-19(4)25(16)18(3)28-8-5-11-31-12-9-27-10-13-31/h6-7,14-15,27-30H,2-3,5,8-13H2,1,4H3/b21-15+. The Morgan fingerprint density at radius 1 is 1.23 bits per heavy atom. The summed E-state index contributed by atoms with van der Waals surface area (Å²) in [5.41, 5.74) is 6.12. The molecule has 164 valence electrons. The molecule has 31 heavy (non-hydrogen) atoms. The maximum Gasteiger partial charge on any atom is 0.123 e. The van der Waals surface area contributed by atoms with Gasteiger partial charge in [-0.25, -0.2) is 4.39 Å². The molecule has 4 rings (SSSR count). The first-order valence-corrected chi connectivity index (χ1v) is 11.0. The molecule has 1 aliphatic heterocycles. The van der Waals surface area contributed by atoms with Gasteiger partial charge in [0.25, 0.3) is 0 Å². The number of rotatable bonds is 7. The molecule has 0 unspecified atom stereocenters. The lowest BCUT2D eigenvalue weighted by molar-refractivity contribution is 0.239. The fourth-order valence-electron chi connectivity index (χ4n) is 4.49. The maximum absolute atomic E-state index is 13.8. The predicted octanol–water partition coefficient (Wildman–Crippen LogP) is 2.35. The van der Waals surface area contributed by atoms with E-state index in [1.807, 2.05) is 6.08 Å². The number of aryl methyl sites for hydroxylation is 1. The molecule has 0 aliphatic carbocycles. The third-order valence-electron chi connectivity index (χ3n) is 6.15. The van der Waals surface area contributed by atoms with Crippen LogP contribution in [0.3, 0.4) is 0 Å². The van der Waals surface area contributed by atoms with Crippen LogP contribution in [0.2, 0.25) is 0 Å². The zero-order valence-corrected chi connectivity index (χ0v) is 18.5. The predicted molar refractivity (Wildman–Crippen MR) is 128 cm³/mol. The van der Waals surface area contributed by atoms with Crippen LogP contribution in [0, 0.1) is 19.7 Å². The molecule has 2 aromatic heterocycles. The number of hydrogen-bond donors (Lipinski definition) is 4. The first kappa shape index (κ1) is 21.4. The molecule has 0 saturated carbocycles. The molecule has 6 heteroatoms. The molecule has 1 saturated heterocycles. The van der Waals surface area contributed by atoms with E-state index < -0.39 is 0 Å². The second-order valence-electron chi connectivity index (χ2n) is 8.37. The number of hydrogen-bond acceptors (Lipinski definition) is 3. The summed E-state index contributed by atoms with van der Waals surface area (Å²) in [4.78, 5) is 9.21. The lowest BCUT2D eigenvalue weighted by Gasteiger charge is -2.27. The summed E-state index contributed by atoms with van der Waals surface area (Å²) in [6.45, 7) is 19.0. The van der Waals surface area contributed by atoms with E-state index in [0.29, 0.717) is 0 Å². The summed E-state index contributed by atoms with van der Waals surface area (Å²) in [7, 11) is 0. The molecule has 0 atom stereocenters. The number of H-pyrrole nitrogens is 2. The summed E-state index contributed by atoms with van der Waals surface area (Å²) in [6.07, 6.45) is 3.14. The van der Waals surface area contributed by atoms with Gasteiger partial charge in [-0.2, -0.15) is 0 Å². The van der Waals surface area contributed by atoms with Gasteiger partial charge in [0.2, 0.25) is 0 Å². The molecule has 3 aromatic rings. The SMILES string of the molecule is C=C(NCCCN1CCNCC1)c1c(C)[nH]c(/C=c2\c(=C)[nH]c3ccc(F)cc23)c1C. The third-order valence-corrected chi connectivity index (χ3v) is 6.15. The normalized spacial score (nSPS) is 15.6. The highest BCUT2D eigenvalue weighted by molar-refractivity contribution is 5.82. The second-order valence-corrected chi connectivity index (χ2v) is 8.37. The van der Waals surface area contributed by atoms with Crippen LogP contribution in [0.4, 0.5) is 4.39 Å². The summed E-state index contributed by atoms with van der Waals surface area (Å²) in [5, 5.41) is 9.41. The molecular formula is C25H32FN5. The topological polar surface area (TPSA) is 58.9 Å². The Balaban J connectivity index is 1.51. The van der Waals surface area contributed by atoms with Crippen molar-refractivity contribution in [1.82, 2.24) is 25.5 Å². The number of benzene rings is 1. The maximum atomic E-state index is 13.8. The number of piperazine rings is 1. The minimum absolute atomic E-state index is 0.250. The Labute approximate surface area is 182 Å². The molecule has 4 N–H and O–H groups in total. The Bertz CT molecular complexity index is 1200. The first-order chi connectivity index (χ1) is 14.9. The Hall–Kier alpha value is -2.83. The molecular weight excluding hydrogens is 389 g/mol. The molecule has 1 fully saturated rings. The van der Waals surface area contributed by atoms with Crippen LogP contribution >= 0.6 is 0 Å². The minimum Gasteiger partial charge on any atom is -0.385 e. The van der Waals surface area contributed by atoms with Gasteiger partial charge in [-0.05, 0) is 56.7 Å². The smallest absolute Gasteiger partial charge is 0.123 e. The van der Waals surface area contributed by atoms with Crippen molar-refractivity contribution in [3.05, 3.63) is 63.7 Å². The van der Waals surface area contributed by atoms with Crippen molar-refractivity contribution in [2.45, 2.75) is 20.3 Å². The molecule has 1 aliphatic rings. The van der Waals surface area contributed by atoms with Crippen LogP contribution < -0.4 is 21.2 Å². The van der Waals surface area contributed by atoms with E-state index in [-0.39, 0.29) is 5.82 Å². The fraction of sp³-hybridized carbons (Fsp3) is 0.360. The highest BCUT2D eigenvalue weighted by Gasteiger charge is 2.14. The number of aromatic amines is 2. The third kappa shape index (κ3) is 4.60. The Kier molecular flexibility index (Phi) is 6.30. The van der Waals surface area contributed by atoms with Gasteiger partial charge in [0.05, 0.1) is 0 Å². The van der Waals surface area contributed by atoms with E-state index >= 15 is 0 Å². The van der Waals surface area contributed by atoms with Gasteiger partial charge >= 0.3 is 0 Å². The Morgan fingerprint density at radius 2 is 2.00 bits per heavy atom. The van der Waals surface area contributed by atoms with E-state index in [0.717, 1.165) is 95.4 Å².